The maximum absolute atomic E-state index is 12.4. The van der Waals surface area contributed by atoms with E-state index in [1.165, 1.54) is 7.11 Å². The van der Waals surface area contributed by atoms with Crippen LogP contribution in [0.2, 0.25) is 0 Å². The number of alkyl carbamates (subject to hydrolysis) is 1. The molecule has 0 saturated carbocycles. The van der Waals surface area contributed by atoms with Gasteiger partial charge in [-0.2, -0.15) is 0 Å². The molecule has 3 rings (SSSR count). The molecule has 1 heterocycles. The number of hydrogen-bond acceptors (Lipinski definition) is 8. The third-order valence-corrected chi connectivity index (χ3v) is 4.32. The van der Waals surface area contributed by atoms with Crippen LogP contribution in [0.1, 0.15) is 49.9 Å². The van der Waals surface area contributed by atoms with Gasteiger partial charge in [-0.05, 0) is 31.9 Å². The normalized spacial score (nSPS) is 13.0. The summed E-state index contributed by atoms with van der Waals surface area (Å²) in [6.45, 7) is 5.32. The van der Waals surface area contributed by atoms with Crippen molar-refractivity contribution < 1.29 is 23.5 Å². The Morgan fingerprint density at radius 3 is 2.09 bits per heavy atom. The van der Waals surface area contributed by atoms with Crippen molar-refractivity contribution in [3.05, 3.63) is 77.7 Å². The number of hydrogen-bond donors (Lipinski definition) is 2. The van der Waals surface area contributed by atoms with Gasteiger partial charge in [0.1, 0.15) is 11.6 Å². The Kier molecular flexibility index (Phi) is 7.09. The third kappa shape index (κ3) is 6.07. The average Bonchev–Trinajstić information content (AvgIpc) is 3.23. The van der Waals surface area contributed by atoms with E-state index < -0.39 is 29.7 Å². The van der Waals surface area contributed by atoms with Gasteiger partial charge in [-0.25, -0.2) is 9.59 Å². The number of carbonyl (C=O) groups is 2. The molecule has 168 valence electrons. The van der Waals surface area contributed by atoms with Gasteiger partial charge in [-0.15, -0.1) is 5.10 Å². The fourth-order valence-corrected chi connectivity index (χ4v) is 2.93. The van der Waals surface area contributed by atoms with Crippen LogP contribution >= 0.6 is 0 Å². The number of benzene rings is 2. The van der Waals surface area contributed by atoms with Crippen LogP contribution in [-0.2, 0) is 14.3 Å². The highest BCUT2D eigenvalue weighted by atomic mass is 16.6. The minimum Gasteiger partial charge on any atom is -0.467 e. The zero-order valence-corrected chi connectivity index (χ0v) is 18.4. The molecule has 0 aliphatic rings. The van der Waals surface area contributed by atoms with Gasteiger partial charge < -0.3 is 24.5 Å². The molecule has 0 aliphatic heterocycles. The third-order valence-electron chi connectivity index (χ3n) is 4.32. The summed E-state index contributed by atoms with van der Waals surface area (Å²) in [6, 6.07) is 16.6. The van der Waals surface area contributed by atoms with Crippen LogP contribution in [0.5, 0.6) is 0 Å². The summed E-state index contributed by atoms with van der Waals surface area (Å²) in [7, 11) is 1.30. The molecular formula is C23H26N4O5. The van der Waals surface area contributed by atoms with Crippen molar-refractivity contribution in [3.63, 3.8) is 0 Å². The Morgan fingerprint density at radius 1 is 0.938 bits per heavy atom. The zero-order valence-electron chi connectivity index (χ0n) is 18.4. The predicted molar refractivity (Wildman–Crippen MR) is 117 cm³/mol. The summed E-state index contributed by atoms with van der Waals surface area (Å²) in [6.07, 6.45) is -0.629. The molecule has 0 radical (unpaired) electrons. The SMILES string of the molecule is COC(=O)[C@@H](Nc1nnc([C@@H](NC(=O)OC(C)(C)C)c2ccccc2)o1)c1ccccc1. The topological polar surface area (TPSA) is 116 Å². The van der Waals surface area contributed by atoms with E-state index in [1.54, 1.807) is 32.9 Å². The summed E-state index contributed by atoms with van der Waals surface area (Å²) < 4.78 is 16.0. The molecule has 0 aliphatic carbocycles. The Bertz CT molecular complexity index is 1030. The van der Waals surface area contributed by atoms with Gasteiger partial charge in [-0.1, -0.05) is 65.8 Å². The molecule has 1 aromatic heterocycles. The van der Waals surface area contributed by atoms with Crippen molar-refractivity contribution >= 4 is 18.1 Å². The average molecular weight is 438 g/mol. The van der Waals surface area contributed by atoms with Crippen LogP contribution in [0.4, 0.5) is 10.8 Å². The number of aromatic nitrogens is 2. The molecule has 2 N–H and O–H groups in total. The lowest BCUT2D eigenvalue weighted by molar-refractivity contribution is -0.141. The lowest BCUT2D eigenvalue weighted by Gasteiger charge is -2.22. The van der Waals surface area contributed by atoms with Crippen LogP contribution in [0.25, 0.3) is 0 Å². The Hall–Kier alpha value is -3.88. The number of ether oxygens (including phenoxy) is 2. The molecule has 0 saturated heterocycles. The molecule has 0 unspecified atom stereocenters. The van der Waals surface area contributed by atoms with Gasteiger partial charge >= 0.3 is 18.1 Å². The van der Waals surface area contributed by atoms with E-state index in [1.807, 2.05) is 48.5 Å². The van der Waals surface area contributed by atoms with Gasteiger partial charge in [0.05, 0.1) is 7.11 Å². The summed E-state index contributed by atoms with van der Waals surface area (Å²) in [5.41, 5.74) is 0.725. The van der Waals surface area contributed by atoms with Crippen molar-refractivity contribution in [2.45, 2.75) is 38.5 Å². The molecule has 32 heavy (non-hydrogen) atoms. The van der Waals surface area contributed by atoms with Crippen molar-refractivity contribution in [2.75, 3.05) is 12.4 Å². The van der Waals surface area contributed by atoms with Crippen molar-refractivity contribution in [3.8, 4) is 0 Å². The van der Waals surface area contributed by atoms with Crippen LogP contribution < -0.4 is 10.6 Å². The zero-order chi connectivity index (χ0) is 23.1. The number of esters is 1. The number of methoxy groups -OCH3 is 1. The Morgan fingerprint density at radius 2 is 1.53 bits per heavy atom. The molecule has 1 amide bonds. The quantitative estimate of drug-likeness (QED) is 0.532. The summed E-state index contributed by atoms with van der Waals surface area (Å²) in [4.78, 5) is 24.7. The van der Waals surface area contributed by atoms with Crippen LogP contribution in [0, 0.1) is 0 Å². The highest BCUT2D eigenvalue weighted by Crippen LogP contribution is 2.25. The van der Waals surface area contributed by atoms with Crippen molar-refractivity contribution in [1.29, 1.82) is 0 Å². The summed E-state index contributed by atoms with van der Waals surface area (Å²) in [5, 5.41) is 13.7. The predicted octanol–water partition coefficient (Wildman–Crippen LogP) is 4.01. The number of amides is 1. The van der Waals surface area contributed by atoms with E-state index in [9.17, 15) is 9.59 Å². The van der Waals surface area contributed by atoms with E-state index in [0.717, 1.165) is 5.56 Å². The highest BCUT2D eigenvalue weighted by Gasteiger charge is 2.28. The largest absolute Gasteiger partial charge is 0.467 e. The van der Waals surface area contributed by atoms with Crippen molar-refractivity contribution in [1.82, 2.24) is 15.5 Å². The highest BCUT2D eigenvalue weighted by molar-refractivity contribution is 5.80. The number of nitrogens with one attached hydrogen (secondary N) is 2. The monoisotopic (exact) mass is 438 g/mol. The fourth-order valence-electron chi connectivity index (χ4n) is 2.93. The van der Waals surface area contributed by atoms with E-state index in [4.69, 9.17) is 13.9 Å². The molecule has 3 aromatic rings. The van der Waals surface area contributed by atoms with Gasteiger partial charge in [0.25, 0.3) is 0 Å². The van der Waals surface area contributed by atoms with Gasteiger partial charge in [0.15, 0.2) is 6.04 Å². The molecule has 2 atom stereocenters. The van der Waals surface area contributed by atoms with Gasteiger partial charge in [-0.3, -0.25) is 0 Å². The van der Waals surface area contributed by atoms with Crippen LogP contribution in [-0.4, -0.2) is 35.0 Å². The van der Waals surface area contributed by atoms with Crippen molar-refractivity contribution in [2.24, 2.45) is 0 Å². The first-order valence-electron chi connectivity index (χ1n) is 10.0. The van der Waals surface area contributed by atoms with E-state index >= 15 is 0 Å². The second-order valence-electron chi connectivity index (χ2n) is 7.95. The first-order valence-corrected chi connectivity index (χ1v) is 10.0. The maximum Gasteiger partial charge on any atom is 0.408 e. The lowest BCUT2D eigenvalue weighted by atomic mass is 10.1. The standard InChI is InChI=1S/C23H26N4O5/c1-23(2,3)32-22(29)25-17(15-11-7-5-8-12-15)19-26-27-21(31-19)24-18(20(28)30-4)16-13-9-6-10-14-16/h5-14,17-18H,1-4H3,(H,24,27)(H,25,29)/t17-,18-/m0/s1. The van der Waals surface area contributed by atoms with Crippen LogP contribution in [0.15, 0.2) is 65.1 Å². The molecular weight excluding hydrogens is 412 g/mol. The van der Waals surface area contributed by atoms with Gasteiger partial charge in [0.2, 0.25) is 5.89 Å². The number of rotatable bonds is 7. The molecule has 0 fully saturated rings. The number of nitrogens with zero attached hydrogens (tertiary/aromatic N) is 2. The van der Waals surface area contributed by atoms with E-state index in [0.29, 0.717) is 5.56 Å². The van der Waals surface area contributed by atoms with Gasteiger partial charge in [0, 0.05) is 0 Å². The second-order valence-corrected chi connectivity index (χ2v) is 7.95. The fraction of sp³-hybridized carbons (Fsp3) is 0.304. The van der Waals surface area contributed by atoms with Crippen LogP contribution in [0.3, 0.4) is 0 Å². The first-order chi connectivity index (χ1) is 15.3. The first kappa shape index (κ1) is 22.8. The smallest absolute Gasteiger partial charge is 0.408 e. The van der Waals surface area contributed by atoms with E-state index in [-0.39, 0.29) is 11.9 Å². The molecule has 0 spiro atoms. The van der Waals surface area contributed by atoms with E-state index in [2.05, 4.69) is 20.8 Å². The molecule has 2 aromatic carbocycles. The number of carbonyl (C=O) groups excluding carboxylic acids is 2. The molecule has 0 bridgehead atoms. The maximum atomic E-state index is 12.4. The minimum atomic E-state index is -0.844. The molecule has 9 nitrogen and oxygen atoms in total. The molecule has 9 heteroatoms. The minimum absolute atomic E-state index is 0.00572. The Balaban J connectivity index is 1.86. The summed E-state index contributed by atoms with van der Waals surface area (Å²) >= 11 is 0. The Labute approximate surface area is 186 Å². The number of anilines is 1. The second kappa shape index (κ2) is 9.95. The summed E-state index contributed by atoms with van der Waals surface area (Å²) in [5.74, 6) is -0.385. The lowest BCUT2D eigenvalue weighted by Crippen LogP contribution is -2.35.